The van der Waals surface area contributed by atoms with Gasteiger partial charge in [0, 0.05) is 13.1 Å². The second-order valence-corrected chi connectivity index (χ2v) is 9.84. The summed E-state index contributed by atoms with van der Waals surface area (Å²) in [4.78, 5) is 17.8. The maximum Gasteiger partial charge on any atom is 0.410 e. The van der Waals surface area contributed by atoms with Crippen LogP contribution in [0.1, 0.15) is 16.7 Å². The number of benzene rings is 2. The Hall–Kier alpha value is -3.28. The number of ether oxygens (including phenoxy) is 2. The van der Waals surface area contributed by atoms with Crippen LogP contribution in [0.2, 0.25) is 0 Å². The molecule has 0 radical (unpaired) electrons. The summed E-state index contributed by atoms with van der Waals surface area (Å²) in [7, 11) is -3.61. The van der Waals surface area contributed by atoms with Gasteiger partial charge in [-0.1, -0.05) is 54.6 Å². The number of aromatic nitrogens is 3. The highest BCUT2D eigenvalue weighted by Crippen LogP contribution is 2.12. The van der Waals surface area contributed by atoms with E-state index >= 15 is 0 Å². The number of amides is 1. The Morgan fingerprint density at radius 1 is 1.09 bits per heavy atom. The van der Waals surface area contributed by atoms with Gasteiger partial charge in [-0.25, -0.2) is 27.6 Å². The minimum Gasteiger partial charge on any atom is -0.445 e. The molecule has 0 spiro atoms. The number of nitrogens with zero attached hydrogens (tertiary/aromatic N) is 4. The molecule has 1 unspecified atom stereocenters. The lowest BCUT2D eigenvalue weighted by atomic mass is 10.1. The molecule has 180 valence electrons. The molecule has 1 aromatic heterocycles. The van der Waals surface area contributed by atoms with Crippen molar-refractivity contribution in [1.82, 2.24) is 24.4 Å². The van der Waals surface area contributed by atoms with Gasteiger partial charge in [0.25, 0.3) is 0 Å². The lowest BCUT2D eigenvalue weighted by Crippen LogP contribution is -2.49. The van der Waals surface area contributed by atoms with Gasteiger partial charge in [0.2, 0.25) is 10.0 Å². The summed E-state index contributed by atoms with van der Waals surface area (Å²) in [6.45, 7) is 1.70. The van der Waals surface area contributed by atoms with Crippen molar-refractivity contribution in [3.8, 4) is 0 Å². The highest BCUT2D eigenvalue weighted by Gasteiger charge is 2.29. The molecular weight excluding hydrogens is 458 g/mol. The van der Waals surface area contributed by atoms with Gasteiger partial charge >= 0.3 is 6.09 Å². The van der Waals surface area contributed by atoms with Crippen LogP contribution in [0.5, 0.6) is 0 Å². The van der Waals surface area contributed by atoms with Crippen LogP contribution in [0.3, 0.4) is 0 Å². The summed E-state index contributed by atoms with van der Waals surface area (Å²) in [5.41, 5.74) is 2.76. The number of sulfonamides is 1. The zero-order valence-electron chi connectivity index (χ0n) is 18.6. The Morgan fingerprint density at radius 2 is 1.85 bits per heavy atom. The number of carbonyl (C=O) groups excluding carboxylic acids is 1. The van der Waals surface area contributed by atoms with Gasteiger partial charge in [-0.3, -0.25) is 0 Å². The predicted octanol–water partition coefficient (Wildman–Crippen LogP) is 1.78. The monoisotopic (exact) mass is 485 g/mol. The number of morpholine rings is 1. The van der Waals surface area contributed by atoms with Crippen molar-refractivity contribution in [2.75, 3.05) is 25.4 Å². The lowest BCUT2D eigenvalue weighted by molar-refractivity contribution is -0.0179. The Kier molecular flexibility index (Phi) is 7.88. The van der Waals surface area contributed by atoms with E-state index < -0.39 is 22.2 Å². The largest absolute Gasteiger partial charge is 0.445 e. The van der Waals surface area contributed by atoms with Gasteiger partial charge < -0.3 is 14.4 Å². The second-order valence-electron chi connectivity index (χ2n) is 7.99. The average Bonchev–Trinajstić information content (AvgIpc) is 3.36. The zero-order chi connectivity index (χ0) is 23.8. The number of hydrogen-bond acceptors (Lipinski definition) is 7. The highest BCUT2D eigenvalue weighted by molar-refractivity contribution is 7.89. The van der Waals surface area contributed by atoms with Crippen LogP contribution in [-0.4, -0.2) is 65.7 Å². The quantitative estimate of drug-likeness (QED) is 0.491. The Labute approximate surface area is 198 Å². The maximum absolute atomic E-state index is 12.6. The third-order valence-corrected chi connectivity index (χ3v) is 6.73. The molecule has 3 aromatic rings. The fourth-order valence-corrected chi connectivity index (χ4v) is 4.75. The molecule has 10 nitrogen and oxygen atoms in total. The van der Waals surface area contributed by atoms with Crippen molar-refractivity contribution < 1.29 is 22.7 Å². The van der Waals surface area contributed by atoms with Crippen molar-refractivity contribution in [1.29, 1.82) is 0 Å². The first-order valence-corrected chi connectivity index (χ1v) is 12.6. The van der Waals surface area contributed by atoms with E-state index in [1.165, 1.54) is 11.2 Å². The summed E-state index contributed by atoms with van der Waals surface area (Å²) in [5, 5.41) is 4.07. The van der Waals surface area contributed by atoms with Crippen LogP contribution in [0.4, 0.5) is 4.79 Å². The lowest BCUT2D eigenvalue weighted by Gasteiger charge is -2.32. The molecule has 34 heavy (non-hydrogen) atoms. The fourth-order valence-electron chi connectivity index (χ4n) is 3.56. The van der Waals surface area contributed by atoms with Crippen LogP contribution < -0.4 is 4.72 Å². The summed E-state index contributed by atoms with van der Waals surface area (Å²) in [5.74, 6) is -0.236. The molecule has 1 atom stereocenters. The maximum atomic E-state index is 12.6. The molecule has 1 fully saturated rings. The molecule has 0 aliphatic carbocycles. The fraction of sp³-hybridized carbons (Fsp3) is 0.348. The van der Waals surface area contributed by atoms with Crippen LogP contribution in [0.25, 0.3) is 0 Å². The molecule has 2 aromatic carbocycles. The third kappa shape index (κ3) is 7.11. The SMILES string of the molecule is O=C(OCc1ccccc1)N1CCOC(CS(=O)(=O)NCc2ccc(Cn3cncn3)cc2)C1. The highest BCUT2D eigenvalue weighted by atomic mass is 32.2. The van der Waals surface area contributed by atoms with E-state index in [1.807, 2.05) is 54.6 Å². The van der Waals surface area contributed by atoms with Crippen molar-refractivity contribution >= 4 is 16.1 Å². The van der Waals surface area contributed by atoms with Gasteiger partial charge in [-0.2, -0.15) is 5.10 Å². The first kappa shape index (κ1) is 23.9. The van der Waals surface area contributed by atoms with E-state index in [0.717, 1.165) is 16.7 Å². The van der Waals surface area contributed by atoms with E-state index in [9.17, 15) is 13.2 Å². The normalized spacial score (nSPS) is 16.4. The van der Waals surface area contributed by atoms with E-state index in [-0.39, 0.29) is 32.1 Å². The van der Waals surface area contributed by atoms with Gasteiger partial charge in [-0.05, 0) is 16.7 Å². The Bertz CT molecular complexity index is 1150. The van der Waals surface area contributed by atoms with Crippen LogP contribution in [-0.2, 0) is 39.2 Å². The molecule has 4 rings (SSSR count). The standard InChI is InChI=1S/C23H27N5O5S/c29-23(33-15-21-4-2-1-3-5-21)27-10-11-32-22(14-27)16-34(30,31)26-12-19-6-8-20(9-7-19)13-28-18-24-17-25-28/h1-9,17-18,22,26H,10-16H2. The summed E-state index contributed by atoms with van der Waals surface area (Å²) in [6, 6.07) is 17.0. The van der Waals surface area contributed by atoms with Gasteiger partial charge in [0.1, 0.15) is 19.3 Å². The topological polar surface area (TPSA) is 116 Å². The molecule has 1 amide bonds. The molecular formula is C23H27N5O5S. The zero-order valence-corrected chi connectivity index (χ0v) is 19.4. The van der Waals surface area contributed by atoms with E-state index in [2.05, 4.69) is 14.8 Å². The van der Waals surface area contributed by atoms with E-state index in [4.69, 9.17) is 9.47 Å². The molecule has 1 N–H and O–H groups in total. The van der Waals surface area contributed by atoms with Gasteiger partial charge in [0.05, 0.1) is 31.6 Å². The molecule has 0 bridgehead atoms. The molecule has 1 saturated heterocycles. The predicted molar refractivity (Wildman–Crippen MR) is 124 cm³/mol. The van der Waals surface area contributed by atoms with Crippen molar-refractivity contribution in [3.63, 3.8) is 0 Å². The molecule has 0 saturated carbocycles. The molecule has 1 aliphatic heterocycles. The van der Waals surface area contributed by atoms with Crippen LogP contribution in [0.15, 0.2) is 67.3 Å². The van der Waals surface area contributed by atoms with Crippen LogP contribution >= 0.6 is 0 Å². The van der Waals surface area contributed by atoms with Gasteiger partial charge in [0.15, 0.2) is 0 Å². The molecule has 11 heteroatoms. The first-order chi connectivity index (χ1) is 16.5. The summed E-state index contributed by atoms with van der Waals surface area (Å²) in [6.07, 6.45) is 2.01. The Morgan fingerprint density at radius 3 is 2.59 bits per heavy atom. The molecule has 2 heterocycles. The van der Waals surface area contributed by atoms with E-state index in [0.29, 0.717) is 13.1 Å². The van der Waals surface area contributed by atoms with Crippen LogP contribution in [0, 0.1) is 0 Å². The van der Waals surface area contributed by atoms with Crippen molar-refractivity contribution in [3.05, 3.63) is 83.9 Å². The number of carbonyl (C=O) groups is 1. The van der Waals surface area contributed by atoms with E-state index in [1.54, 1.807) is 11.0 Å². The third-order valence-electron chi connectivity index (χ3n) is 5.34. The number of hydrogen-bond donors (Lipinski definition) is 1. The second kappa shape index (κ2) is 11.2. The average molecular weight is 486 g/mol. The minimum absolute atomic E-state index is 0.158. The minimum atomic E-state index is -3.61. The molecule has 1 aliphatic rings. The van der Waals surface area contributed by atoms with Crippen molar-refractivity contribution in [2.24, 2.45) is 0 Å². The van der Waals surface area contributed by atoms with Gasteiger partial charge in [-0.15, -0.1) is 0 Å². The first-order valence-electron chi connectivity index (χ1n) is 10.9. The summed E-state index contributed by atoms with van der Waals surface area (Å²) >= 11 is 0. The smallest absolute Gasteiger partial charge is 0.410 e. The summed E-state index contributed by atoms with van der Waals surface area (Å²) < 4.78 is 40.5. The Balaban J connectivity index is 1.23. The van der Waals surface area contributed by atoms with Crippen molar-refractivity contribution in [2.45, 2.75) is 25.8 Å². The number of nitrogens with one attached hydrogen (secondary N) is 1. The number of rotatable bonds is 9.